The van der Waals surface area contributed by atoms with E-state index in [9.17, 15) is 9.90 Å². The van der Waals surface area contributed by atoms with Crippen molar-refractivity contribution < 1.29 is 14.6 Å². The molecule has 2 aliphatic carbocycles. The third-order valence-electron chi connectivity index (χ3n) is 5.74. The summed E-state index contributed by atoms with van der Waals surface area (Å²) >= 11 is 1.75. The van der Waals surface area contributed by atoms with Crippen LogP contribution in [0.5, 0.6) is 5.75 Å². The molecule has 27 heavy (non-hydrogen) atoms. The molecule has 0 saturated heterocycles. The average molecular weight is 386 g/mol. The molecule has 4 unspecified atom stereocenters. The zero-order chi connectivity index (χ0) is 18.8. The zero-order valence-corrected chi connectivity index (χ0v) is 16.5. The predicted octanol–water partition coefficient (Wildman–Crippen LogP) is 3.75. The van der Waals surface area contributed by atoms with E-state index in [0.29, 0.717) is 6.54 Å². The van der Waals surface area contributed by atoms with E-state index in [-0.39, 0.29) is 23.8 Å². The Morgan fingerprint density at radius 1 is 1.22 bits per heavy atom. The number of aliphatic hydroxyl groups is 1. The summed E-state index contributed by atoms with van der Waals surface area (Å²) in [7, 11) is 0. The Hall–Kier alpha value is -1.69. The van der Waals surface area contributed by atoms with Gasteiger partial charge in [-0.25, -0.2) is 0 Å². The largest absolute Gasteiger partial charge is 0.488 e. The summed E-state index contributed by atoms with van der Waals surface area (Å²) in [6, 6.07) is 11.7. The van der Waals surface area contributed by atoms with Crippen LogP contribution in [-0.4, -0.2) is 35.7 Å². The third kappa shape index (κ3) is 4.10. The van der Waals surface area contributed by atoms with E-state index < -0.39 is 6.10 Å². The summed E-state index contributed by atoms with van der Waals surface area (Å²) in [6.45, 7) is 2.70. The van der Waals surface area contributed by atoms with Crippen molar-refractivity contribution in [3.05, 3.63) is 51.7 Å². The number of carbonyl (C=O) groups excluding carboxylic acids is 1. The molecule has 4 nitrogen and oxygen atoms in total. The molecule has 0 radical (unpaired) electrons. The van der Waals surface area contributed by atoms with Crippen LogP contribution in [0.2, 0.25) is 0 Å². The molecule has 2 aromatic rings. The molecular formula is C22H27NO3S. The fourth-order valence-electron chi connectivity index (χ4n) is 4.27. The normalized spacial score (nSPS) is 28.0. The molecule has 4 rings (SSSR count). The lowest BCUT2D eigenvalue weighted by Crippen LogP contribution is -2.52. The van der Waals surface area contributed by atoms with Crippen molar-refractivity contribution in [1.82, 2.24) is 5.32 Å². The first-order chi connectivity index (χ1) is 13.1. The molecule has 1 saturated carbocycles. The van der Waals surface area contributed by atoms with Crippen LogP contribution < -0.4 is 10.1 Å². The van der Waals surface area contributed by atoms with Gasteiger partial charge in [0.2, 0.25) is 0 Å². The van der Waals surface area contributed by atoms with Crippen molar-refractivity contribution in [2.24, 2.45) is 5.92 Å². The second kappa shape index (κ2) is 8.13. The first-order valence-corrected chi connectivity index (χ1v) is 10.7. The van der Waals surface area contributed by atoms with E-state index in [1.54, 1.807) is 11.3 Å². The summed E-state index contributed by atoms with van der Waals surface area (Å²) in [5.74, 6) is 1.06. The van der Waals surface area contributed by atoms with Crippen LogP contribution in [0.1, 0.15) is 45.8 Å². The van der Waals surface area contributed by atoms with Gasteiger partial charge in [0.15, 0.2) is 5.78 Å². The van der Waals surface area contributed by atoms with E-state index >= 15 is 0 Å². The number of fused-ring (bicyclic) bond motifs is 1. The maximum absolute atomic E-state index is 12.8. The van der Waals surface area contributed by atoms with E-state index in [0.717, 1.165) is 43.4 Å². The Kier molecular flexibility index (Phi) is 5.62. The average Bonchev–Trinajstić information content (AvgIpc) is 3.06. The molecule has 2 aliphatic rings. The number of aliphatic hydroxyl groups excluding tert-OH is 1. The van der Waals surface area contributed by atoms with Crippen molar-refractivity contribution in [1.29, 1.82) is 0 Å². The van der Waals surface area contributed by atoms with Gasteiger partial charge in [-0.15, -0.1) is 11.3 Å². The van der Waals surface area contributed by atoms with E-state index in [1.807, 2.05) is 36.4 Å². The van der Waals surface area contributed by atoms with Gasteiger partial charge in [0.25, 0.3) is 0 Å². The quantitative estimate of drug-likeness (QED) is 0.823. The van der Waals surface area contributed by atoms with Crippen molar-refractivity contribution in [2.75, 3.05) is 6.54 Å². The van der Waals surface area contributed by atoms with Gasteiger partial charge in [-0.1, -0.05) is 18.2 Å². The molecule has 0 aliphatic heterocycles. The number of ketones is 1. The number of carbonyl (C=O) groups is 1. The Morgan fingerprint density at radius 2 is 2.04 bits per heavy atom. The van der Waals surface area contributed by atoms with Gasteiger partial charge < -0.3 is 15.2 Å². The molecule has 4 atom stereocenters. The number of hydrogen-bond acceptors (Lipinski definition) is 5. The Bertz CT molecular complexity index is 788. The standard InChI is InChI=1S/C22H27NO3S/c1-14-12-17-20(27-14)11-10-15(21(17)24)13-23-18-8-5-9-19(22(18)25)26-16-6-3-2-4-7-16/h2-4,6-7,12,15,18-19,22-23,25H,5,8-11,13H2,1H3. The topological polar surface area (TPSA) is 58.6 Å². The van der Waals surface area contributed by atoms with E-state index in [4.69, 9.17) is 4.74 Å². The van der Waals surface area contributed by atoms with E-state index in [2.05, 4.69) is 12.2 Å². The molecule has 2 N–H and O–H groups in total. The number of thiophene rings is 1. The minimum Gasteiger partial charge on any atom is -0.488 e. The van der Waals surface area contributed by atoms with Crippen molar-refractivity contribution in [3.8, 4) is 5.75 Å². The van der Waals surface area contributed by atoms with Crippen molar-refractivity contribution in [3.63, 3.8) is 0 Å². The van der Waals surface area contributed by atoms with Crippen molar-refractivity contribution in [2.45, 2.75) is 57.3 Å². The Labute approximate surface area is 164 Å². The molecule has 1 aromatic carbocycles. The third-order valence-corrected chi connectivity index (χ3v) is 6.85. The van der Waals surface area contributed by atoms with Crippen LogP contribution in [0.15, 0.2) is 36.4 Å². The zero-order valence-electron chi connectivity index (χ0n) is 15.7. The number of ether oxygens (including phenoxy) is 1. The lowest BCUT2D eigenvalue weighted by molar-refractivity contribution is -0.0160. The highest BCUT2D eigenvalue weighted by molar-refractivity contribution is 7.12. The lowest BCUT2D eigenvalue weighted by Gasteiger charge is -2.36. The second-order valence-electron chi connectivity index (χ2n) is 7.70. The lowest BCUT2D eigenvalue weighted by atomic mass is 9.85. The SMILES string of the molecule is Cc1cc2c(s1)CCC(CNC1CCCC(Oc3ccccc3)C1O)C2=O. The Morgan fingerprint density at radius 3 is 2.85 bits per heavy atom. The number of aryl methyl sites for hydroxylation is 2. The molecule has 5 heteroatoms. The minimum absolute atomic E-state index is 0.00844. The van der Waals surface area contributed by atoms with Crippen LogP contribution in [0.4, 0.5) is 0 Å². The minimum atomic E-state index is -0.559. The highest BCUT2D eigenvalue weighted by Crippen LogP contribution is 2.32. The molecule has 0 spiro atoms. The van der Waals surface area contributed by atoms with E-state index in [1.165, 1.54) is 9.75 Å². The second-order valence-corrected chi connectivity index (χ2v) is 9.04. The molecule has 144 valence electrons. The molecule has 1 heterocycles. The van der Waals surface area contributed by atoms with Gasteiger partial charge in [0, 0.05) is 33.8 Å². The fourth-order valence-corrected chi connectivity index (χ4v) is 5.32. The van der Waals surface area contributed by atoms with Crippen LogP contribution in [0.25, 0.3) is 0 Å². The number of nitrogens with one attached hydrogen (secondary N) is 1. The summed E-state index contributed by atoms with van der Waals surface area (Å²) in [5, 5.41) is 14.3. The number of rotatable bonds is 5. The van der Waals surface area contributed by atoms with Gasteiger partial charge in [0.05, 0.1) is 0 Å². The summed E-state index contributed by atoms with van der Waals surface area (Å²) in [5.41, 5.74) is 0.921. The Balaban J connectivity index is 1.34. The van der Waals surface area contributed by atoms with Gasteiger partial charge in [0.1, 0.15) is 18.0 Å². The summed E-state index contributed by atoms with van der Waals surface area (Å²) in [6.07, 6.45) is 3.90. The van der Waals surface area contributed by atoms with Crippen LogP contribution in [0, 0.1) is 12.8 Å². The predicted molar refractivity (Wildman–Crippen MR) is 108 cm³/mol. The molecule has 0 bridgehead atoms. The summed E-state index contributed by atoms with van der Waals surface area (Å²) in [4.78, 5) is 15.2. The van der Waals surface area contributed by atoms with Crippen LogP contribution in [-0.2, 0) is 6.42 Å². The highest BCUT2D eigenvalue weighted by Gasteiger charge is 2.35. The maximum atomic E-state index is 12.8. The number of benzene rings is 1. The fraction of sp³-hybridized carbons (Fsp3) is 0.500. The number of hydrogen-bond donors (Lipinski definition) is 2. The highest BCUT2D eigenvalue weighted by atomic mass is 32.1. The first kappa shape index (κ1) is 18.7. The van der Waals surface area contributed by atoms with Gasteiger partial charge >= 0.3 is 0 Å². The molecule has 0 amide bonds. The molecule has 1 aromatic heterocycles. The number of Topliss-reactive ketones (excluding diaryl/α,β-unsaturated/α-hetero) is 1. The summed E-state index contributed by atoms with van der Waals surface area (Å²) < 4.78 is 6.00. The maximum Gasteiger partial charge on any atom is 0.168 e. The van der Waals surface area contributed by atoms with Gasteiger partial charge in [-0.05, 0) is 57.2 Å². The van der Waals surface area contributed by atoms with Gasteiger partial charge in [-0.2, -0.15) is 0 Å². The molecule has 1 fully saturated rings. The smallest absolute Gasteiger partial charge is 0.168 e. The monoisotopic (exact) mass is 385 g/mol. The first-order valence-electron chi connectivity index (χ1n) is 9.88. The molecular weight excluding hydrogens is 358 g/mol. The van der Waals surface area contributed by atoms with Gasteiger partial charge in [-0.3, -0.25) is 4.79 Å². The van der Waals surface area contributed by atoms with Crippen LogP contribution in [0.3, 0.4) is 0 Å². The van der Waals surface area contributed by atoms with Crippen LogP contribution >= 0.6 is 11.3 Å². The number of para-hydroxylation sites is 1. The van der Waals surface area contributed by atoms with Crippen molar-refractivity contribution >= 4 is 17.1 Å².